The van der Waals surface area contributed by atoms with Crippen molar-refractivity contribution >= 4 is 0 Å². The molecule has 2 rings (SSSR count). The van der Waals surface area contributed by atoms with Crippen LogP contribution in [0.25, 0.3) is 11.1 Å². The van der Waals surface area contributed by atoms with E-state index in [-0.39, 0.29) is 0 Å². The van der Waals surface area contributed by atoms with Crippen LogP contribution in [0.3, 0.4) is 0 Å². The predicted molar refractivity (Wildman–Crippen MR) is 88.2 cm³/mol. The molecule has 0 aliphatic carbocycles. The maximum absolute atomic E-state index is 3.38. The second-order valence-electron chi connectivity index (χ2n) is 5.68. The fraction of sp³-hybridized carbons (Fsp3) is 0.368. The van der Waals surface area contributed by atoms with E-state index in [1.165, 1.54) is 38.9 Å². The predicted octanol–water partition coefficient (Wildman–Crippen LogP) is 4.70. The van der Waals surface area contributed by atoms with Crippen LogP contribution in [-0.4, -0.2) is 6.54 Å². The molecule has 0 aromatic heterocycles. The first-order valence-corrected chi connectivity index (χ1v) is 7.41. The zero-order chi connectivity index (χ0) is 14.7. The maximum Gasteiger partial charge on any atom is 0.0205 e. The van der Waals surface area contributed by atoms with Gasteiger partial charge in [-0.15, -0.1) is 0 Å². The summed E-state index contributed by atoms with van der Waals surface area (Å²) in [4.78, 5) is 0. The molecule has 106 valence electrons. The maximum atomic E-state index is 3.38. The van der Waals surface area contributed by atoms with Crippen molar-refractivity contribution in [3.05, 3.63) is 58.1 Å². The normalized spacial score (nSPS) is 10.8. The lowest BCUT2D eigenvalue weighted by Gasteiger charge is -2.14. The Bertz CT molecular complexity index is 611. The smallest absolute Gasteiger partial charge is 0.0205 e. The van der Waals surface area contributed by atoms with Gasteiger partial charge in [-0.2, -0.15) is 0 Å². The van der Waals surface area contributed by atoms with Crippen LogP contribution in [0.4, 0.5) is 0 Å². The standard InChI is InChI=1S/C19H25N/c1-6-20-12-17-7-8-18(16(5)10-17)19-11-14(3)13(2)9-15(19)4/h7-11,20H,6,12H2,1-5H3. The van der Waals surface area contributed by atoms with Gasteiger partial charge in [-0.1, -0.05) is 37.3 Å². The molecule has 0 unspecified atom stereocenters. The summed E-state index contributed by atoms with van der Waals surface area (Å²) in [5.74, 6) is 0. The molecule has 0 saturated heterocycles. The van der Waals surface area contributed by atoms with Crippen molar-refractivity contribution in [2.75, 3.05) is 6.54 Å². The third kappa shape index (κ3) is 3.10. The van der Waals surface area contributed by atoms with Crippen LogP contribution in [-0.2, 0) is 6.54 Å². The second-order valence-corrected chi connectivity index (χ2v) is 5.68. The quantitative estimate of drug-likeness (QED) is 0.847. The first-order valence-electron chi connectivity index (χ1n) is 7.41. The average Bonchev–Trinajstić information content (AvgIpc) is 2.41. The van der Waals surface area contributed by atoms with Gasteiger partial charge in [0.25, 0.3) is 0 Å². The van der Waals surface area contributed by atoms with Gasteiger partial charge in [0, 0.05) is 6.54 Å². The van der Waals surface area contributed by atoms with Gasteiger partial charge >= 0.3 is 0 Å². The Morgan fingerprint density at radius 3 is 2.05 bits per heavy atom. The Kier molecular flexibility index (Phi) is 4.61. The van der Waals surface area contributed by atoms with Crippen LogP contribution in [0.15, 0.2) is 30.3 Å². The molecular weight excluding hydrogens is 242 g/mol. The van der Waals surface area contributed by atoms with E-state index in [1.54, 1.807) is 0 Å². The molecule has 1 N–H and O–H groups in total. The summed E-state index contributed by atoms with van der Waals surface area (Å²) in [6.45, 7) is 12.9. The highest BCUT2D eigenvalue weighted by molar-refractivity contribution is 5.72. The molecule has 2 aromatic rings. The Labute approximate surface area is 123 Å². The SMILES string of the molecule is CCNCc1ccc(-c2cc(C)c(C)cc2C)c(C)c1. The minimum absolute atomic E-state index is 0.948. The van der Waals surface area contributed by atoms with Gasteiger partial charge in [0.15, 0.2) is 0 Å². The second kappa shape index (κ2) is 6.23. The Hall–Kier alpha value is -1.60. The van der Waals surface area contributed by atoms with Crippen molar-refractivity contribution in [1.82, 2.24) is 5.32 Å². The Balaban J connectivity index is 2.41. The minimum Gasteiger partial charge on any atom is -0.313 e. The van der Waals surface area contributed by atoms with Crippen molar-refractivity contribution < 1.29 is 0 Å². The van der Waals surface area contributed by atoms with Gasteiger partial charge in [-0.25, -0.2) is 0 Å². The van der Waals surface area contributed by atoms with Crippen molar-refractivity contribution in [2.24, 2.45) is 0 Å². The fourth-order valence-electron chi connectivity index (χ4n) is 2.66. The zero-order valence-electron chi connectivity index (χ0n) is 13.3. The van der Waals surface area contributed by atoms with E-state index in [4.69, 9.17) is 0 Å². The van der Waals surface area contributed by atoms with E-state index < -0.39 is 0 Å². The summed E-state index contributed by atoms with van der Waals surface area (Å²) < 4.78 is 0. The number of benzene rings is 2. The van der Waals surface area contributed by atoms with Crippen LogP contribution in [0.5, 0.6) is 0 Å². The van der Waals surface area contributed by atoms with Crippen LogP contribution in [0.1, 0.15) is 34.7 Å². The summed E-state index contributed by atoms with van der Waals surface area (Å²) in [5, 5.41) is 3.38. The molecule has 1 heteroatoms. The number of nitrogens with one attached hydrogen (secondary N) is 1. The highest BCUT2D eigenvalue weighted by Gasteiger charge is 2.08. The molecule has 20 heavy (non-hydrogen) atoms. The van der Waals surface area contributed by atoms with Crippen molar-refractivity contribution in [3.8, 4) is 11.1 Å². The molecule has 0 fully saturated rings. The van der Waals surface area contributed by atoms with Gasteiger partial charge in [0.05, 0.1) is 0 Å². The van der Waals surface area contributed by atoms with Crippen LogP contribution >= 0.6 is 0 Å². The Morgan fingerprint density at radius 2 is 1.40 bits per heavy atom. The molecule has 0 bridgehead atoms. The molecule has 1 nitrogen and oxygen atoms in total. The van der Waals surface area contributed by atoms with Crippen molar-refractivity contribution in [3.63, 3.8) is 0 Å². The monoisotopic (exact) mass is 267 g/mol. The highest BCUT2D eigenvalue weighted by Crippen LogP contribution is 2.29. The molecule has 0 aliphatic rings. The number of aryl methyl sites for hydroxylation is 4. The molecule has 0 amide bonds. The molecular formula is C19H25N. The number of hydrogen-bond donors (Lipinski definition) is 1. The first kappa shape index (κ1) is 14.8. The van der Waals surface area contributed by atoms with Gasteiger partial charge < -0.3 is 5.32 Å². The van der Waals surface area contributed by atoms with E-state index >= 15 is 0 Å². The molecule has 0 spiro atoms. The van der Waals surface area contributed by atoms with Gasteiger partial charge in [-0.05, 0) is 73.2 Å². The van der Waals surface area contributed by atoms with Crippen molar-refractivity contribution in [2.45, 2.75) is 41.2 Å². The third-order valence-electron chi connectivity index (χ3n) is 4.00. The lowest BCUT2D eigenvalue weighted by molar-refractivity contribution is 0.726. The lowest BCUT2D eigenvalue weighted by Crippen LogP contribution is -2.11. The third-order valence-corrected chi connectivity index (χ3v) is 4.00. The van der Waals surface area contributed by atoms with E-state index in [0.717, 1.165) is 13.1 Å². The molecule has 0 atom stereocenters. The topological polar surface area (TPSA) is 12.0 Å². The van der Waals surface area contributed by atoms with Crippen LogP contribution in [0.2, 0.25) is 0 Å². The highest BCUT2D eigenvalue weighted by atomic mass is 14.8. The van der Waals surface area contributed by atoms with Crippen LogP contribution < -0.4 is 5.32 Å². The van der Waals surface area contributed by atoms with Gasteiger partial charge in [0.2, 0.25) is 0 Å². The number of rotatable bonds is 4. The molecule has 0 radical (unpaired) electrons. The molecule has 0 saturated carbocycles. The largest absolute Gasteiger partial charge is 0.313 e. The number of hydrogen-bond acceptors (Lipinski definition) is 1. The van der Waals surface area contributed by atoms with Gasteiger partial charge in [-0.3, -0.25) is 0 Å². The average molecular weight is 267 g/mol. The summed E-state index contributed by atoms with van der Waals surface area (Å²) in [6, 6.07) is 11.4. The summed E-state index contributed by atoms with van der Waals surface area (Å²) in [7, 11) is 0. The zero-order valence-corrected chi connectivity index (χ0v) is 13.3. The van der Waals surface area contributed by atoms with Gasteiger partial charge in [0.1, 0.15) is 0 Å². The van der Waals surface area contributed by atoms with E-state index in [2.05, 4.69) is 70.3 Å². The summed E-state index contributed by atoms with van der Waals surface area (Å²) in [5.41, 5.74) is 9.51. The van der Waals surface area contributed by atoms with Crippen molar-refractivity contribution in [1.29, 1.82) is 0 Å². The van der Waals surface area contributed by atoms with E-state index in [9.17, 15) is 0 Å². The summed E-state index contributed by atoms with van der Waals surface area (Å²) in [6.07, 6.45) is 0. The summed E-state index contributed by atoms with van der Waals surface area (Å²) >= 11 is 0. The lowest BCUT2D eigenvalue weighted by atomic mass is 9.92. The molecule has 0 heterocycles. The molecule has 0 aliphatic heterocycles. The fourth-order valence-corrected chi connectivity index (χ4v) is 2.66. The Morgan fingerprint density at radius 1 is 0.750 bits per heavy atom. The first-order chi connectivity index (χ1) is 9.52. The van der Waals surface area contributed by atoms with E-state index in [1.807, 2.05) is 0 Å². The molecule has 2 aromatic carbocycles. The minimum atomic E-state index is 0.948. The van der Waals surface area contributed by atoms with E-state index in [0.29, 0.717) is 0 Å². The van der Waals surface area contributed by atoms with Crippen LogP contribution in [0, 0.1) is 27.7 Å².